The standard InChI is InChI=1S/C29H37N9O4S/c1-20(2)34-25-15-27(32-16-21(25)7-5-3-4-6-8-23-19-42-14-13-37(23)29(30)39)35-26-11-12-31-28(36-26)22-17-33-38(18-22)43(40,41)24-9-10-24/h11-12,15-18,20,23-24H,3-4,6,8-10,13-14,19H2,1-2H3,(H2,30,39)(H2,31,32,34,35,36). The fraction of sp³-hybridized carbons (Fsp3) is 0.483. The van der Waals surface area contributed by atoms with Crippen molar-refractivity contribution < 1.29 is 17.9 Å². The maximum atomic E-state index is 12.5. The number of carbonyl (C=O) groups excluding carboxylic acids is 1. The number of ether oxygens (including phenoxy) is 1. The van der Waals surface area contributed by atoms with Gasteiger partial charge in [0.05, 0.1) is 53.7 Å². The first-order valence-corrected chi connectivity index (χ1v) is 16.0. The number of nitrogens with one attached hydrogen (secondary N) is 2. The Morgan fingerprint density at radius 1 is 1.21 bits per heavy atom. The third kappa shape index (κ3) is 7.79. The predicted molar refractivity (Wildman–Crippen MR) is 163 cm³/mol. The van der Waals surface area contributed by atoms with Gasteiger partial charge in [-0.25, -0.2) is 28.2 Å². The Morgan fingerprint density at radius 2 is 2.05 bits per heavy atom. The summed E-state index contributed by atoms with van der Waals surface area (Å²) in [5, 5.41) is 10.3. The van der Waals surface area contributed by atoms with E-state index in [-0.39, 0.29) is 17.3 Å². The second-order valence-corrected chi connectivity index (χ2v) is 13.0. The van der Waals surface area contributed by atoms with Crippen molar-refractivity contribution >= 4 is 33.4 Å². The summed E-state index contributed by atoms with van der Waals surface area (Å²) in [5.74, 6) is 7.91. The van der Waals surface area contributed by atoms with Gasteiger partial charge in [0.25, 0.3) is 10.0 Å². The Kier molecular flexibility index (Phi) is 9.42. The van der Waals surface area contributed by atoms with Gasteiger partial charge in [-0.3, -0.25) is 0 Å². The molecular weight excluding hydrogens is 570 g/mol. The third-order valence-electron chi connectivity index (χ3n) is 7.11. The highest BCUT2D eigenvalue weighted by Gasteiger charge is 2.37. The highest BCUT2D eigenvalue weighted by molar-refractivity contribution is 7.90. The number of hydrogen-bond donors (Lipinski definition) is 3. The number of amides is 2. The van der Waals surface area contributed by atoms with Crippen LogP contribution in [0.2, 0.25) is 0 Å². The molecule has 14 heteroatoms. The van der Waals surface area contributed by atoms with Crippen LogP contribution in [0.4, 0.5) is 22.1 Å². The Bertz CT molecular complexity index is 1610. The number of anilines is 3. The Labute approximate surface area is 251 Å². The first-order chi connectivity index (χ1) is 20.7. The van der Waals surface area contributed by atoms with E-state index in [0.29, 0.717) is 62.0 Å². The van der Waals surface area contributed by atoms with Crippen LogP contribution in [0, 0.1) is 11.8 Å². The molecule has 0 spiro atoms. The van der Waals surface area contributed by atoms with Crippen molar-refractivity contribution in [2.45, 2.75) is 69.7 Å². The van der Waals surface area contributed by atoms with E-state index in [4.69, 9.17) is 10.5 Å². The Balaban J connectivity index is 1.21. The molecule has 228 valence electrons. The van der Waals surface area contributed by atoms with E-state index < -0.39 is 16.1 Å². The topological polar surface area (TPSA) is 170 Å². The normalized spacial score (nSPS) is 16.9. The summed E-state index contributed by atoms with van der Waals surface area (Å²) in [6.45, 7) is 5.70. The van der Waals surface area contributed by atoms with E-state index in [1.807, 2.05) is 6.07 Å². The number of nitrogens with two attached hydrogens (primary N) is 1. The molecule has 4 N–H and O–H groups in total. The van der Waals surface area contributed by atoms with Gasteiger partial charge in [-0.05, 0) is 45.6 Å². The number of carbonyl (C=O) groups is 1. The van der Waals surface area contributed by atoms with Gasteiger partial charge in [-0.1, -0.05) is 18.3 Å². The number of aromatic nitrogens is 5. The van der Waals surface area contributed by atoms with Crippen LogP contribution in [0.1, 0.15) is 57.9 Å². The van der Waals surface area contributed by atoms with E-state index in [0.717, 1.165) is 34.6 Å². The van der Waals surface area contributed by atoms with Gasteiger partial charge >= 0.3 is 6.03 Å². The fourth-order valence-corrected chi connectivity index (χ4v) is 6.24. The van der Waals surface area contributed by atoms with Gasteiger partial charge in [0.2, 0.25) is 0 Å². The molecule has 1 atom stereocenters. The van der Waals surface area contributed by atoms with E-state index in [1.54, 1.807) is 23.4 Å². The molecule has 2 amide bonds. The number of unbranched alkanes of at least 4 members (excludes halogenated alkanes) is 2. The molecule has 3 aromatic heterocycles. The molecule has 1 aliphatic carbocycles. The summed E-state index contributed by atoms with van der Waals surface area (Å²) >= 11 is 0. The maximum absolute atomic E-state index is 12.5. The van der Waals surface area contributed by atoms with Crippen molar-refractivity contribution in [3.05, 3.63) is 42.5 Å². The van der Waals surface area contributed by atoms with Gasteiger partial charge in [0, 0.05) is 37.5 Å². The van der Waals surface area contributed by atoms with Crippen LogP contribution in [-0.2, 0) is 14.8 Å². The highest BCUT2D eigenvalue weighted by atomic mass is 32.2. The van der Waals surface area contributed by atoms with Crippen LogP contribution in [-0.4, -0.2) is 80.6 Å². The number of pyridine rings is 1. The van der Waals surface area contributed by atoms with Crippen LogP contribution in [0.5, 0.6) is 0 Å². The molecule has 4 heterocycles. The highest BCUT2D eigenvalue weighted by Crippen LogP contribution is 2.30. The molecule has 1 saturated carbocycles. The molecule has 43 heavy (non-hydrogen) atoms. The molecule has 0 radical (unpaired) electrons. The summed E-state index contributed by atoms with van der Waals surface area (Å²) in [6, 6.07) is 3.40. The number of nitrogens with zero attached hydrogens (tertiary/aromatic N) is 6. The number of rotatable bonds is 11. The first kappa shape index (κ1) is 30.2. The molecule has 1 aliphatic heterocycles. The molecule has 5 rings (SSSR count). The molecule has 1 unspecified atom stereocenters. The number of primary amides is 1. The SMILES string of the molecule is CC(C)Nc1cc(Nc2ccnc(-c3cnn(S(=O)(=O)C4CC4)c3)n2)ncc1C#CCCCCC1COCCN1C(N)=O. The maximum Gasteiger partial charge on any atom is 0.315 e. The Morgan fingerprint density at radius 3 is 2.81 bits per heavy atom. The molecular formula is C29H37N9O4S. The molecule has 2 aliphatic rings. The van der Waals surface area contributed by atoms with Gasteiger partial charge in [-0.15, -0.1) is 0 Å². The van der Waals surface area contributed by atoms with E-state index in [1.165, 1.54) is 12.4 Å². The van der Waals surface area contributed by atoms with Crippen LogP contribution in [0.15, 0.2) is 36.9 Å². The van der Waals surface area contributed by atoms with Crippen LogP contribution in [0.3, 0.4) is 0 Å². The van der Waals surface area contributed by atoms with Crippen molar-refractivity contribution in [2.75, 3.05) is 30.4 Å². The predicted octanol–water partition coefficient (Wildman–Crippen LogP) is 3.33. The van der Waals surface area contributed by atoms with E-state index in [9.17, 15) is 13.2 Å². The van der Waals surface area contributed by atoms with Crippen LogP contribution in [0.25, 0.3) is 11.4 Å². The molecule has 0 bridgehead atoms. The minimum Gasteiger partial charge on any atom is -0.382 e. The first-order valence-electron chi connectivity index (χ1n) is 14.5. The van der Waals surface area contributed by atoms with E-state index in [2.05, 4.69) is 56.4 Å². The summed E-state index contributed by atoms with van der Waals surface area (Å²) in [6.07, 6.45) is 10.9. The van der Waals surface area contributed by atoms with Crippen molar-refractivity contribution in [1.29, 1.82) is 0 Å². The van der Waals surface area contributed by atoms with Crippen molar-refractivity contribution in [2.24, 2.45) is 5.73 Å². The van der Waals surface area contributed by atoms with Crippen molar-refractivity contribution in [3.8, 4) is 23.2 Å². The number of morpholine rings is 1. The lowest BCUT2D eigenvalue weighted by Crippen LogP contribution is -2.50. The van der Waals surface area contributed by atoms with E-state index >= 15 is 0 Å². The summed E-state index contributed by atoms with van der Waals surface area (Å²) in [4.78, 5) is 26.7. The molecule has 3 aromatic rings. The Hall–Kier alpha value is -4.22. The average Bonchev–Trinajstić information content (AvgIpc) is 3.73. The van der Waals surface area contributed by atoms with Gasteiger partial charge in [-0.2, -0.15) is 9.19 Å². The second-order valence-electron chi connectivity index (χ2n) is 11.0. The summed E-state index contributed by atoms with van der Waals surface area (Å²) in [7, 11) is -3.47. The van der Waals surface area contributed by atoms with Crippen LogP contribution < -0.4 is 16.4 Å². The average molecular weight is 608 g/mol. The van der Waals surface area contributed by atoms with Crippen molar-refractivity contribution in [3.63, 3.8) is 0 Å². The zero-order valence-corrected chi connectivity index (χ0v) is 25.2. The van der Waals surface area contributed by atoms with Gasteiger partial charge in [0.1, 0.15) is 11.6 Å². The summed E-state index contributed by atoms with van der Waals surface area (Å²) in [5.41, 5.74) is 7.63. The largest absolute Gasteiger partial charge is 0.382 e. The fourth-order valence-electron chi connectivity index (χ4n) is 4.77. The summed E-state index contributed by atoms with van der Waals surface area (Å²) < 4.78 is 31.5. The lowest BCUT2D eigenvalue weighted by atomic mass is 10.1. The van der Waals surface area contributed by atoms with Crippen LogP contribution >= 0.6 is 0 Å². The second kappa shape index (κ2) is 13.4. The number of hydrogen-bond acceptors (Lipinski definition) is 10. The third-order valence-corrected chi connectivity index (χ3v) is 9.14. The lowest BCUT2D eigenvalue weighted by molar-refractivity contribution is 0.0109. The van der Waals surface area contributed by atoms with Gasteiger partial charge in [0.15, 0.2) is 5.82 Å². The zero-order valence-electron chi connectivity index (χ0n) is 24.4. The molecule has 13 nitrogen and oxygen atoms in total. The van der Waals surface area contributed by atoms with Crippen molar-refractivity contribution in [1.82, 2.24) is 29.0 Å². The quantitative estimate of drug-likeness (QED) is 0.217. The number of urea groups is 1. The lowest BCUT2D eigenvalue weighted by Gasteiger charge is -2.34. The minimum absolute atomic E-state index is 0.0254. The molecule has 0 aromatic carbocycles. The molecule has 2 fully saturated rings. The monoisotopic (exact) mass is 607 g/mol. The zero-order chi connectivity index (χ0) is 30.4. The van der Waals surface area contributed by atoms with Gasteiger partial charge < -0.3 is 26.0 Å². The smallest absolute Gasteiger partial charge is 0.315 e. The molecule has 1 saturated heterocycles. The minimum atomic E-state index is -3.47.